The predicted molar refractivity (Wildman–Crippen MR) is 76.7 cm³/mol. The first-order chi connectivity index (χ1) is 7.99. The molecule has 1 aromatic carbocycles. The molecule has 2 heteroatoms. The van der Waals surface area contributed by atoms with Crippen molar-refractivity contribution in [3.63, 3.8) is 0 Å². The standard InChI is InChI=1S/C15H26N2/c1-15(2,3)10-11-16-12-13-17(4)14-8-6-5-7-9-14/h5-9,16H,10-13H2,1-4H3. The number of rotatable bonds is 6. The molecule has 2 nitrogen and oxygen atoms in total. The van der Waals surface area contributed by atoms with Gasteiger partial charge in [-0.3, -0.25) is 0 Å². The number of anilines is 1. The van der Waals surface area contributed by atoms with Gasteiger partial charge in [0.05, 0.1) is 0 Å². The van der Waals surface area contributed by atoms with Crippen LogP contribution in [0.3, 0.4) is 0 Å². The summed E-state index contributed by atoms with van der Waals surface area (Å²) in [7, 11) is 2.14. The third-order valence-electron chi connectivity index (χ3n) is 2.87. The Morgan fingerprint density at radius 1 is 1.06 bits per heavy atom. The van der Waals surface area contributed by atoms with Crippen molar-refractivity contribution < 1.29 is 0 Å². The first-order valence-corrected chi connectivity index (χ1v) is 6.46. The minimum atomic E-state index is 0.429. The van der Waals surface area contributed by atoms with E-state index < -0.39 is 0 Å². The molecule has 0 radical (unpaired) electrons. The van der Waals surface area contributed by atoms with E-state index in [1.807, 2.05) is 0 Å². The van der Waals surface area contributed by atoms with Crippen LogP contribution in [-0.2, 0) is 0 Å². The summed E-state index contributed by atoms with van der Waals surface area (Å²) in [5.41, 5.74) is 1.71. The summed E-state index contributed by atoms with van der Waals surface area (Å²) in [5.74, 6) is 0. The fraction of sp³-hybridized carbons (Fsp3) is 0.600. The van der Waals surface area contributed by atoms with Crippen molar-refractivity contribution in [3.8, 4) is 0 Å². The average molecular weight is 234 g/mol. The van der Waals surface area contributed by atoms with Crippen molar-refractivity contribution in [3.05, 3.63) is 30.3 Å². The van der Waals surface area contributed by atoms with Crippen LogP contribution in [0, 0.1) is 5.41 Å². The molecule has 0 aliphatic heterocycles. The van der Waals surface area contributed by atoms with Crippen LogP contribution in [0.2, 0.25) is 0 Å². The monoisotopic (exact) mass is 234 g/mol. The van der Waals surface area contributed by atoms with Crippen molar-refractivity contribution in [2.45, 2.75) is 27.2 Å². The van der Waals surface area contributed by atoms with Crippen LogP contribution in [0.1, 0.15) is 27.2 Å². The third kappa shape index (κ3) is 6.32. The van der Waals surface area contributed by atoms with Crippen LogP contribution >= 0.6 is 0 Å². The Bertz CT molecular complexity index is 300. The van der Waals surface area contributed by atoms with Gasteiger partial charge in [0, 0.05) is 25.8 Å². The molecule has 0 spiro atoms. The molecule has 1 aromatic rings. The highest BCUT2D eigenvalue weighted by Crippen LogP contribution is 2.16. The summed E-state index contributed by atoms with van der Waals surface area (Å²) in [6, 6.07) is 10.5. The molecule has 0 aliphatic carbocycles. The van der Waals surface area contributed by atoms with E-state index in [-0.39, 0.29) is 0 Å². The number of benzene rings is 1. The van der Waals surface area contributed by atoms with E-state index in [1.165, 1.54) is 12.1 Å². The summed E-state index contributed by atoms with van der Waals surface area (Å²) in [6.45, 7) is 10.0. The molecule has 0 aromatic heterocycles. The van der Waals surface area contributed by atoms with Crippen LogP contribution in [0.15, 0.2) is 30.3 Å². The lowest BCUT2D eigenvalue weighted by Crippen LogP contribution is -2.30. The SMILES string of the molecule is CN(CCNCCC(C)(C)C)c1ccccc1. The number of nitrogens with one attached hydrogen (secondary N) is 1. The topological polar surface area (TPSA) is 15.3 Å². The molecule has 1 rings (SSSR count). The third-order valence-corrected chi connectivity index (χ3v) is 2.87. The van der Waals surface area contributed by atoms with Gasteiger partial charge in [0.2, 0.25) is 0 Å². The molecular weight excluding hydrogens is 208 g/mol. The van der Waals surface area contributed by atoms with Gasteiger partial charge in [0.15, 0.2) is 0 Å². The number of hydrogen-bond acceptors (Lipinski definition) is 2. The maximum Gasteiger partial charge on any atom is 0.0364 e. The summed E-state index contributed by atoms with van der Waals surface area (Å²) < 4.78 is 0. The van der Waals surface area contributed by atoms with E-state index in [2.05, 4.69) is 68.4 Å². The minimum Gasteiger partial charge on any atom is -0.373 e. The molecule has 0 fully saturated rings. The zero-order valence-electron chi connectivity index (χ0n) is 11.7. The zero-order chi connectivity index (χ0) is 12.7. The van der Waals surface area contributed by atoms with Gasteiger partial charge in [-0.25, -0.2) is 0 Å². The second kappa shape index (κ2) is 6.65. The predicted octanol–water partition coefficient (Wildman–Crippen LogP) is 3.15. The van der Waals surface area contributed by atoms with Gasteiger partial charge >= 0.3 is 0 Å². The van der Waals surface area contributed by atoms with Crippen LogP contribution in [0.4, 0.5) is 5.69 Å². The molecule has 1 N–H and O–H groups in total. The highest BCUT2D eigenvalue weighted by atomic mass is 15.1. The van der Waals surface area contributed by atoms with Crippen molar-refractivity contribution in [1.82, 2.24) is 5.32 Å². The lowest BCUT2D eigenvalue weighted by molar-refractivity contribution is 0.368. The summed E-state index contributed by atoms with van der Waals surface area (Å²) in [5, 5.41) is 3.50. The molecular formula is C15H26N2. The van der Waals surface area contributed by atoms with Gasteiger partial charge in [-0.15, -0.1) is 0 Å². The molecule has 0 saturated heterocycles. The van der Waals surface area contributed by atoms with Crippen LogP contribution in [0.25, 0.3) is 0 Å². The summed E-state index contributed by atoms with van der Waals surface area (Å²) in [4.78, 5) is 2.28. The second-order valence-electron chi connectivity index (χ2n) is 5.82. The lowest BCUT2D eigenvalue weighted by Gasteiger charge is -2.21. The first-order valence-electron chi connectivity index (χ1n) is 6.46. The molecule has 0 saturated carbocycles. The molecule has 0 bridgehead atoms. The molecule has 0 amide bonds. The Hall–Kier alpha value is -1.02. The van der Waals surface area contributed by atoms with E-state index >= 15 is 0 Å². The van der Waals surface area contributed by atoms with Crippen molar-refractivity contribution in [2.75, 3.05) is 31.6 Å². The van der Waals surface area contributed by atoms with Gasteiger partial charge < -0.3 is 10.2 Å². The van der Waals surface area contributed by atoms with Crippen LogP contribution < -0.4 is 10.2 Å². The molecule has 0 heterocycles. The molecule has 0 aliphatic rings. The Morgan fingerprint density at radius 2 is 1.71 bits per heavy atom. The van der Waals surface area contributed by atoms with Crippen molar-refractivity contribution in [1.29, 1.82) is 0 Å². The van der Waals surface area contributed by atoms with E-state index in [1.54, 1.807) is 0 Å². The number of para-hydroxylation sites is 1. The molecule has 0 unspecified atom stereocenters. The maximum absolute atomic E-state index is 3.50. The Labute approximate surface area is 106 Å². The van der Waals surface area contributed by atoms with Gasteiger partial charge in [-0.05, 0) is 30.5 Å². The average Bonchev–Trinajstić information content (AvgIpc) is 2.28. The van der Waals surface area contributed by atoms with E-state index in [4.69, 9.17) is 0 Å². The molecule has 17 heavy (non-hydrogen) atoms. The maximum atomic E-state index is 3.50. The quantitative estimate of drug-likeness (QED) is 0.761. The van der Waals surface area contributed by atoms with Gasteiger partial charge in [0.1, 0.15) is 0 Å². The van der Waals surface area contributed by atoms with Crippen molar-refractivity contribution in [2.24, 2.45) is 5.41 Å². The van der Waals surface area contributed by atoms with E-state index in [0.29, 0.717) is 5.41 Å². The number of hydrogen-bond donors (Lipinski definition) is 1. The summed E-state index contributed by atoms with van der Waals surface area (Å²) >= 11 is 0. The smallest absolute Gasteiger partial charge is 0.0364 e. The highest BCUT2D eigenvalue weighted by Gasteiger charge is 2.08. The Balaban J connectivity index is 2.15. The van der Waals surface area contributed by atoms with E-state index in [9.17, 15) is 0 Å². The first kappa shape index (κ1) is 14.0. The van der Waals surface area contributed by atoms with Gasteiger partial charge in [0.25, 0.3) is 0 Å². The van der Waals surface area contributed by atoms with E-state index in [0.717, 1.165) is 19.6 Å². The Kier molecular flexibility index (Phi) is 5.49. The van der Waals surface area contributed by atoms with Gasteiger partial charge in [-0.1, -0.05) is 39.0 Å². The van der Waals surface area contributed by atoms with Gasteiger partial charge in [-0.2, -0.15) is 0 Å². The second-order valence-corrected chi connectivity index (χ2v) is 5.82. The number of likely N-dealkylation sites (N-methyl/N-ethyl adjacent to an activating group) is 1. The largest absolute Gasteiger partial charge is 0.373 e. The van der Waals surface area contributed by atoms with Crippen molar-refractivity contribution >= 4 is 5.69 Å². The highest BCUT2D eigenvalue weighted by molar-refractivity contribution is 5.44. The Morgan fingerprint density at radius 3 is 2.29 bits per heavy atom. The molecule has 96 valence electrons. The minimum absolute atomic E-state index is 0.429. The summed E-state index contributed by atoms with van der Waals surface area (Å²) in [6.07, 6.45) is 1.22. The number of nitrogens with zero attached hydrogens (tertiary/aromatic N) is 1. The normalized spacial score (nSPS) is 11.5. The fourth-order valence-corrected chi connectivity index (χ4v) is 1.65. The van der Waals surface area contributed by atoms with Crippen LogP contribution in [-0.4, -0.2) is 26.7 Å². The molecule has 0 atom stereocenters. The zero-order valence-corrected chi connectivity index (χ0v) is 11.7. The van der Waals surface area contributed by atoms with Crippen LogP contribution in [0.5, 0.6) is 0 Å². The lowest BCUT2D eigenvalue weighted by atomic mass is 9.92. The fourth-order valence-electron chi connectivity index (χ4n) is 1.65.